The molecule has 1 unspecified atom stereocenters. The second-order valence-electron chi connectivity index (χ2n) is 9.41. The smallest absolute Gasteiger partial charge is 0.227 e. The number of ketones is 1. The van der Waals surface area contributed by atoms with E-state index in [4.69, 9.17) is 14.8 Å². The Kier molecular flexibility index (Phi) is 5.93. The Morgan fingerprint density at radius 1 is 1.21 bits per heavy atom. The Labute approximate surface area is 202 Å². The van der Waals surface area contributed by atoms with E-state index in [1.807, 2.05) is 37.3 Å². The van der Waals surface area contributed by atoms with Crippen LogP contribution in [0.5, 0.6) is 5.75 Å². The number of fused-ring (bicyclic) bond motifs is 1. The van der Waals surface area contributed by atoms with Gasteiger partial charge in [0.05, 0.1) is 6.61 Å². The van der Waals surface area contributed by atoms with Gasteiger partial charge in [-0.15, -0.1) is 5.10 Å². The first-order valence-corrected chi connectivity index (χ1v) is 12.4. The SMILES string of the molecule is CCOc1ccccc1C1C2=C(CC(C)(C)CC2=O)Nc2nc(SCc3cccc(F)c3)nn21. The number of hydrogen-bond acceptors (Lipinski definition) is 6. The standard InChI is InChI=1S/C26H27FN4O2S/c1-4-33-21-11-6-5-10-18(21)23-22-19(13-26(2,3)14-20(22)32)28-24-29-25(30-31(23)24)34-15-16-8-7-9-17(27)12-16/h5-12,23H,4,13-15H2,1-3H3,(H,28,29,30). The van der Waals surface area contributed by atoms with Crippen LogP contribution in [-0.2, 0) is 10.5 Å². The van der Waals surface area contributed by atoms with Crippen LogP contribution >= 0.6 is 11.8 Å². The van der Waals surface area contributed by atoms with Gasteiger partial charge < -0.3 is 10.1 Å². The monoisotopic (exact) mass is 478 g/mol. The number of nitrogens with zero attached hydrogens (tertiary/aromatic N) is 3. The molecule has 0 radical (unpaired) electrons. The van der Waals surface area contributed by atoms with Crippen LogP contribution in [0, 0.1) is 11.2 Å². The lowest BCUT2D eigenvalue weighted by molar-refractivity contribution is -0.118. The number of thioether (sulfide) groups is 1. The van der Waals surface area contributed by atoms with Crippen LogP contribution in [0.2, 0.25) is 0 Å². The molecule has 0 bridgehead atoms. The van der Waals surface area contributed by atoms with E-state index in [0.717, 1.165) is 34.6 Å². The maximum Gasteiger partial charge on any atom is 0.227 e. The molecule has 0 saturated heterocycles. The molecule has 1 aliphatic heterocycles. The van der Waals surface area contributed by atoms with Crippen molar-refractivity contribution in [2.75, 3.05) is 11.9 Å². The quantitative estimate of drug-likeness (QED) is 0.454. The van der Waals surface area contributed by atoms with Gasteiger partial charge in [0, 0.05) is 29.0 Å². The summed E-state index contributed by atoms with van der Waals surface area (Å²) in [4.78, 5) is 18.1. The number of carbonyl (C=O) groups is 1. The van der Waals surface area contributed by atoms with Gasteiger partial charge in [-0.25, -0.2) is 9.07 Å². The normalized spacial score (nSPS) is 18.8. The van der Waals surface area contributed by atoms with Crippen molar-refractivity contribution in [3.05, 3.63) is 76.7 Å². The number of aromatic nitrogens is 3. The lowest BCUT2D eigenvalue weighted by atomic mass is 9.73. The van der Waals surface area contributed by atoms with Crippen molar-refractivity contribution in [1.29, 1.82) is 0 Å². The molecule has 8 heteroatoms. The van der Waals surface area contributed by atoms with Crippen LogP contribution in [0.15, 0.2) is 65.0 Å². The van der Waals surface area contributed by atoms with Crippen LogP contribution in [0.3, 0.4) is 0 Å². The van der Waals surface area contributed by atoms with E-state index in [0.29, 0.717) is 29.9 Å². The first-order valence-electron chi connectivity index (χ1n) is 11.4. The van der Waals surface area contributed by atoms with E-state index in [1.165, 1.54) is 23.9 Å². The Morgan fingerprint density at radius 2 is 2.03 bits per heavy atom. The van der Waals surface area contributed by atoms with E-state index < -0.39 is 6.04 Å². The number of allylic oxidation sites excluding steroid dienone is 2. The minimum absolute atomic E-state index is 0.116. The molecule has 3 aromatic rings. The molecule has 0 fully saturated rings. The predicted octanol–water partition coefficient (Wildman–Crippen LogP) is 5.77. The average Bonchev–Trinajstić information content (AvgIpc) is 3.19. The minimum Gasteiger partial charge on any atom is -0.494 e. The summed E-state index contributed by atoms with van der Waals surface area (Å²) in [5, 5.41) is 8.74. The third-order valence-corrected chi connectivity index (χ3v) is 6.99. The highest BCUT2D eigenvalue weighted by atomic mass is 32.2. The summed E-state index contributed by atoms with van der Waals surface area (Å²) >= 11 is 1.44. The molecule has 2 aromatic carbocycles. The molecule has 1 aromatic heterocycles. The molecule has 176 valence electrons. The van der Waals surface area contributed by atoms with Gasteiger partial charge in [-0.3, -0.25) is 4.79 Å². The predicted molar refractivity (Wildman–Crippen MR) is 130 cm³/mol. The van der Waals surface area contributed by atoms with Crippen molar-refractivity contribution in [2.24, 2.45) is 5.41 Å². The van der Waals surface area contributed by atoms with Gasteiger partial charge in [-0.2, -0.15) is 4.98 Å². The Balaban J connectivity index is 1.56. The molecule has 5 rings (SSSR count). The van der Waals surface area contributed by atoms with Crippen LogP contribution in [-0.4, -0.2) is 27.2 Å². The molecule has 6 nitrogen and oxygen atoms in total. The summed E-state index contributed by atoms with van der Waals surface area (Å²) in [6, 6.07) is 13.9. The first-order chi connectivity index (χ1) is 16.3. The fourth-order valence-electron chi connectivity index (χ4n) is 4.71. The van der Waals surface area contributed by atoms with Crippen molar-refractivity contribution in [3.8, 4) is 5.75 Å². The number of benzene rings is 2. The molecule has 0 spiro atoms. The summed E-state index contributed by atoms with van der Waals surface area (Å²) in [6.07, 6.45) is 1.23. The number of Topliss-reactive ketones (excluding diaryl/α,β-unsaturated/α-hetero) is 1. The lowest BCUT2D eigenvalue weighted by Gasteiger charge is -2.38. The number of para-hydroxylation sites is 1. The Bertz CT molecular complexity index is 1280. The zero-order chi connectivity index (χ0) is 23.9. The molecule has 0 amide bonds. The van der Waals surface area contributed by atoms with Crippen LogP contribution < -0.4 is 10.1 Å². The fraction of sp³-hybridized carbons (Fsp3) is 0.346. The minimum atomic E-state index is -0.423. The van der Waals surface area contributed by atoms with Gasteiger partial charge in [-0.1, -0.05) is 55.9 Å². The van der Waals surface area contributed by atoms with Gasteiger partial charge in [0.25, 0.3) is 0 Å². The molecule has 1 aliphatic carbocycles. The lowest BCUT2D eigenvalue weighted by Crippen LogP contribution is -2.36. The fourth-order valence-corrected chi connectivity index (χ4v) is 5.48. The summed E-state index contributed by atoms with van der Waals surface area (Å²) < 4.78 is 21.3. The van der Waals surface area contributed by atoms with E-state index >= 15 is 0 Å². The number of ether oxygens (including phenoxy) is 1. The highest BCUT2D eigenvalue weighted by molar-refractivity contribution is 7.98. The topological polar surface area (TPSA) is 69.0 Å². The molecular weight excluding hydrogens is 451 g/mol. The first kappa shape index (κ1) is 22.7. The van der Waals surface area contributed by atoms with Gasteiger partial charge in [0.15, 0.2) is 5.78 Å². The Hall–Kier alpha value is -3.13. The summed E-state index contributed by atoms with van der Waals surface area (Å²) in [5.74, 6) is 1.73. The van der Waals surface area contributed by atoms with Gasteiger partial charge in [0.1, 0.15) is 17.6 Å². The number of carbonyl (C=O) groups excluding carboxylic acids is 1. The van der Waals surface area contributed by atoms with Crippen LogP contribution in [0.1, 0.15) is 50.8 Å². The van der Waals surface area contributed by atoms with E-state index in [9.17, 15) is 9.18 Å². The summed E-state index contributed by atoms with van der Waals surface area (Å²) in [6.45, 7) is 6.69. The maximum absolute atomic E-state index is 13.6. The molecule has 34 heavy (non-hydrogen) atoms. The van der Waals surface area contributed by atoms with Crippen LogP contribution in [0.25, 0.3) is 0 Å². The van der Waals surface area contributed by atoms with Gasteiger partial charge >= 0.3 is 0 Å². The number of rotatable bonds is 6. The second kappa shape index (κ2) is 8.91. The maximum atomic E-state index is 13.6. The molecule has 2 aliphatic rings. The summed E-state index contributed by atoms with van der Waals surface area (Å²) in [5.41, 5.74) is 3.24. The third kappa shape index (κ3) is 4.34. The van der Waals surface area contributed by atoms with E-state index in [2.05, 4.69) is 19.2 Å². The van der Waals surface area contributed by atoms with Crippen molar-refractivity contribution in [3.63, 3.8) is 0 Å². The molecular formula is C26H27FN4O2S. The number of hydrogen-bond donors (Lipinski definition) is 1. The number of halogens is 1. The van der Waals surface area contributed by atoms with Crippen molar-refractivity contribution in [2.45, 2.75) is 50.6 Å². The summed E-state index contributed by atoms with van der Waals surface area (Å²) in [7, 11) is 0. The molecule has 0 saturated carbocycles. The average molecular weight is 479 g/mol. The third-order valence-electron chi connectivity index (χ3n) is 6.08. The van der Waals surface area contributed by atoms with Crippen molar-refractivity contribution in [1.82, 2.24) is 14.8 Å². The number of anilines is 1. The number of nitrogens with one attached hydrogen (secondary N) is 1. The van der Waals surface area contributed by atoms with Crippen LogP contribution in [0.4, 0.5) is 10.3 Å². The highest BCUT2D eigenvalue weighted by Crippen LogP contribution is 2.47. The van der Waals surface area contributed by atoms with Gasteiger partial charge in [-0.05, 0) is 42.5 Å². The van der Waals surface area contributed by atoms with E-state index in [-0.39, 0.29) is 17.0 Å². The highest BCUT2D eigenvalue weighted by Gasteiger charge is 2.42. The Morgan fingerprint density at radius 3 is 2.82 bits per heavy atom. The van der Waals surface area contributed by atoms with Crippen molar-refractivity contribution >= 4 is 23.5 Å². The molecule has 1 atom stereocenters. The largest absolute Gasteiger partial charge is 0.494 e. The zero-order valence-corrected chi connectivity index (χ0v) is 20.3. The van der Waals surface area contributed by atoms with Gasteiger partial charge in [0.2, 0.25) is 11.1 Å². The van der Waals surface area contributed by atoms with E-state index in [1.54, 1.807) is 10.7 Å². The molecule has 1 N–H and O–H groups in total. The zero-order valence-electron chi connectivity index (χ0n) is 19.5. The second-order valence-corrected chi connectivity index (χ2v) is 10.4. The van der Waals surface area contributed by atoms with Crippen molar-refractivity contribution < 1.29 is 13.9 Å². The molecule has 2 heterocycles.